The van der Waals surface area contributed by atoms with Crippen molar-refractivity contribution in [1.82, 2.24) is 0 Å². The van der Waals surface area contributed by atoms with Gasteiger partial charge in [0.1, 0.15) is 5.75 Å². The smallest absolute Gasteiger partial charge is 0.344 e. The van der Waals surface area contributed by atoms with E-state index in [2.05, 4.69) is 0 Å². The Kier molecular flexibility index (Phi) is 5.16. The number of aryl methyl sites for hydroxylation is 1. The molecule has 0 unspecified atom stereocenters. The fourth-order valence-electron chi connectivity index (χ4n) is 1.39. The van der Waals surface area contributed by atoms with E-state index in [4.69, 9.17) is 21.1 Å². The Morgan fingerprint density at radius 3 is 2.56 bits per heavy atom. The van der Waals surface area contributed by atoms with Gasteiger partial charge in [-0.2, -0.15) is 0 Å². The molecule has 0 atom stereocenters. The molecular formula is C13H15ClO4. The van der Waals surface area contributed by atoms with E-state index in [9.17, 15) is 9.59 Å². The molecule has 0 bridgehead atoms. The van der Waals surface area contributed by atoms with Gasteiger partial charge in [-0.1, -0.05) is 11.6 Å². The zero-order valence-electron chi connectivity index (χ0n) is 10.6. The maximum Gasteiger partial charge on any atom is 0.344 e. The normalized spacial score (nSPS) is 10.0. The second-order valence-corrected chi connectivity index (χ2v) is 4.15. The largest absolute Gasteiger partial charge is 0.481 e. The summed E-state index contributed by atoms with van der Waals surface area (Å²) in [6.07, 6.45) is 0. The van der Waals surface area contributed by atoms with E-state index in [1.807, 2.05) is 0 Å². The topological polar surface area (TPSA) is 52.6 Å². The highest BCUT2D eigenvalue weighted by Crippen LogP contribution is 2.27. The minimum atomic E-state index is -0.473. The van der Waals surface area contributed by atoms with Crippen LogP contribution in [0.5, 0.6) is 5.75 Å². The van der Waals surface area contributed by atoms with Gasteiger partial charge in [-0.3, -0.25) is 4.79 Å². The maximum absolute atomic E-state index is 11.4. The fourth-order valence-corrected chi connectivity index (χ4v) is 1.55. The lowest BCUT2D eigenvalue weighted by Crippen LogP contribution is -2.15. The number of benzene rings is 1. The summed E-state index contributed by atoms with van der Waals surface area (Å²) in [4.78, 5) is 22.6. The van der Waals surface area contributed by atoms with Crippen molar-refractivity contribution >= 4 is 23.4 Å². The first-order valence-electron chi connectivity index (χ1n) is 5.55. The highest BCUT2D eigenvalue weighted by Gasteiger charge is 2.13. The van der Waals surface area contributed by atoms with Crippen LogP contribution in [0.2, 0.25) is 5.02 Å². The number of carbonyl (C=O) groups is 2. The molecule has 0 aliphatic carbocycles. The van der Waals surface area contributed by atoms with Crippen molar-refractivity contribution < 1.29 is 19.1 Å². The molecule has 0 spiro atoms. The lowest BCUT2D eigenvalue weighted by molar-refractivity contribution is -0.145. The molecule has 98 valence electrons. The number of Topliss-reactive ketones (excluding diaryl/α,β-unsaturated/α-hetero) is 1. The number of carbonyl (C=O) groups excluding carboxylic acids is 2. The van der Waals surface area contributed by atoms with Crippen LogP contribution in [0.4, 0.5) is 0 Å². The standard InChI is InChI=1S/C13H15ClO4/c1-4-17-13(16)7-18-12-5-8(2)11(14)6-10(12)9(3)15/h5-6H,4,7H2,1-3H3. The third kappa shape index (κ3) is 3.74. The monoisotopic (exact) mass is 270 g/mol. The van der Waals surface area contributed by atoms with E-state index >= 15 is 0 Å². The zero-order valence-corrected chi connectivity index (χ0v) is 11.3. The Morgan fingerprint density at radius 1 is 1.33 bits per heavy atom. The first-order valence-corrected chi connectivity index (χ1v) is 5.93. The van der Waals surface area contributed by atoms with E-state index < -0.39 is 5.97 Å². The number of esters is 1. The zero-order chi connectivity index (χ0) is 13.7. The molecular weight excluding hydrogens is 256 g/mol. The first kappa shape index (κ1) is 14.5. The van der Waals surface area contributed by atoms with Crippen LogP contribution in [0.25, 0.3) is 0 Å². The van der Waals surface area contributed by atoms with Crippen molar-refractivity contribution in [2.45, 2.75) is 20.8 Å². The van der Waals surface area contributed by atoms with Crippen LogP contribution >= 0.6 is 11.6 Å². The van der Waals surface area contributed by atoms with E-state index in [-0.39, 0.29) is 12.4 Å². The van der Waals surface area contributed by atoms with Crippen molar-refractivity contribution in [1.29, 1.82) is 0 Å². The van der Waals surface area contributed by atoms with Crippen molar-refractivity contribution in [3.8, 4) is 5.75 Å². The van der Waals surface area contributed by atoms with Crippen LogP contribution in [0, 0.1) is 6.92 Å². The first-order chi connectivity index (χ1) is 8.45. The second-order valence-electron chi connectivity index (χ2n) is 3.75. The van der Waals surface area contributed by atoms with Crippen LogP contribution in [0.15, 0.2) is 12.1 Å². The van der Waals surface area contributed by atoms with E-state index in [1.165, 1.54) is 6.92 Å². The number of rotatable bonds is 5. The average Bonchev–Trinajstić information content (AvgIpc) is 2.30. The predicted octanol–water partition coefficient (Wildman–Crippen LogP) is 2.79. The molecule has 0 aromatic heterocycles. The second kappa shape index (κ2) is 6.40. The summed E-state index contributed by atoms with van der Waals surface area (Å²) >= 11 is 5.94. The summed E-state index contributed by atoms with van der Waals surface area (Å²) in [7, 11) is 0. The fraction of sp³-hybridized carbons (Fsp3) is 0.385. The van der Waals surface area contributed by atoms with Crippen LogP contribution in [-0.2, 0) is 9.53 Å². The van der Waals surface area contributed by atoms with Crippen molar-refractivity contribution in [2.24, 2.45) is 0 Å². The summed E-state index contributed by atoms with van der Waals surface area (Å²) in [6.45, 7) is 4.99. The molecule has 0 heterocycles. The molecule has 18 heavy (non-hydrogen) atoms. The van der Waals surface area contributed by atoms with Gasteiger partial charge in [0.2, 0.25) is 0 Å². The highest BCUT2D eigenvalue weighted by molar-refractivity contribution is 6.31. The Morgan fingerprint density at radius 2 is 2.00 bits per heavy atom. The third-order valence-corrected chi connectivity index (χ3v) is 2.70. The number of hydrogen-bond acceptors (Lipinski definition) is 4. The SMILES string of the molecule is CCOC(=O)COc1cc(C)c(Cl)cc1C(C)=O. The van der Waals surface area contributed by atoms with Gasteiger partial charge in [0.15, 0.2) is 12.4 Å². The van der Waals surface area contributed by atoms with Crippen molar-refractivity contribution in [3.63, 3.8) is 0 Å². The molecule has 5 heteroatoms. The predicted molar refractivity (Wildman–Crippen MR) is 68.3 cm³/mol. The van der Waals surface area contributed by atoms with Crippen LogP contribution in [0.1, 0.15) is 29.8 Å². The Balaban J connectivity index is 2.90. The van der Waals surface area contributed by atoms with Gasteiger partial charge in [-0.25, -0.2) is 4.79 Å². The van der Waals surface area contributed by atoms with Crippen LogP contribution in [-0.4, -0.2) is 25.0 Å². The number of halogens is 1. The Bertz CT molecular complexity index is 468. The summed E-state index contributed by atoms with van der Waals surface area (Å²) in [5.74, 6) is -0.298. The number of ketones is 1. The molecule has 0 radical (unpaired) electrons. The van der Waals surface area contributed by atoms with Gasteiger partial charge in [0.25, 0.3) is 0 Å². The summed E-state index contributed by atoms with van der Waals surface area (Å²) in [5, 5.41) is 0.490. The van der Waals surface area contributed by atoms with Gasteiger partial charge in [0, 0.05) is 5.02 Å². The maximum atomic E-state index is 11.4. The summed E-state index contributed by atoms with van der Waals surface area (Å²) in [6, 6.07) is 3.18. The minimum absolute atomic E-state index is 0.171. The number of hydrogen-bond donors (Lipinski definition) is 0. The Labute approximate surface area is 111 Å². The van der Waals surface area contributed by atoms with E-state index in [1.54, 1.807) is 26.0 Å². The third-order valence-electron chi connectivity index (χ3n) is 2.29. The summed E-state index contributed by atoms with van der Waals surface area (Å²) in [5.41, 5.74) is 1.13. The lowest BCUT2D eigenvalue weighted by atomic mass is 10.1. The molecule has 0 fully saturated rings. The summed E-state index contributed by atoms with van der Waals surface area (Å²) < 4.78 is 10.0. The van der Waals surface area contributed by atoms with Crippen LogP contribution in [0.3, 0.4) is 0 Å². The van der Waals surface area contributed by atoms with Crippen molar-refractivity contribution in [2.75, 3.05) is 13.2 Å². The molecule has 1 aromatic carbocycles. The molecule has 4 nitrogen and oxygen atoms in total. The Hall–Kier alpha value is -1.55. The van der Waals surface area contributed by atoms with E-state index in [0.717, 1.165) is 5.56 Å². The minimum Gasteiger partial charge on any atom is -0.481 e. The van der Waals surface area contributed by atoms with Gasteiger partial charge in [-0.15, -0.1) is 0 Å². The molecule has 0 aliphatic heterocycles. The molecule has 0 saturated heterocycles. The lowest BCUT2D eigenvalue weighted by Gasteiger charge is -2.11. The average molecular weight is 271 g/mol. The molecule has 0 amide bonds. The van der Waals surface area contributed by atoms with Gasteiger partial charge in [-0.05, 0) is 38.5 Å². The number of ether oxygens (including phenoxy) is 2. The molecule has 1 rings (SSSR count). The van der Waals surface area contributed by atoms with Gasteiger partial charge >= 0.3 is 5.97 Å². The van der Waals surface area contributed by atoms with Gasteiger partial charge < -0.3 is 9.47 Å². The highest BCUT2D eigenvalue weighted by atomic mass is 35.5. The van der Waals surface area contributed by atoms with Gasteiger partial charge in [0.05, 0.1) is 12.2 Å². The molecule has 0 N–H and O–H groups in total. The molecule has 0 aliphatic rings. The van der Waals surface area contributed by atoms with Crippen molar-refractivity contribution in [3.05, 3.63) is 28.3 Å². The van der Waals surface area contributed by atoms with E-state index in [0.29, 0.717) is 22.9 Å². The quantitative estimate of drug-likeness (QED) is 0.610. The molecule has 0 saturated carbocycles. The molecule has 1 aromatic rings. The van der Waals surface area contributed by atoms with Crippen LogP contribution < -0.4 is 4.74 Å².